The average molecular weight is 248 g/mol. The molecule has 0 aliphatic heterocycles. The third-order valence-electron chi connectivity index (χ3n) is 2.29. The molecule has 2 aromatic rings. The summed E-state index contributed by atoms with van der Waals surface area (Å²) in [5, 5.41) is 11.5. The van der Waals surface area contributed by atoms with Crippen LogP contribution in [0.4, 0.5) is 0 Å². The van der Waals surface area contributed by atoms with Crippen LogP contribution < -0.4 is 0 Å². The van der Waals surface area contributed by atoms with Gasteiger partial charge in [0.15, 0.2) is 0 Å². The van der Waals surface area contributed by atoms with Gasteiger partial charge in [0.1, 0.15) is 0 Å². The molecule has 4 nitrogen and oxygen atoms in total. The lowest BCUT2D eigenvalue weighted by atomic mass is 10.2. The molecule has 0 spiro atoms. The molecule has 0 aromatic carbocycles. The van der Waals surface area contributed by atoms with Crippen molar-refractivity contribution in [2.24, 2.45) is 0 Å². The van der Waals surface area contributed by atoms with Crippen LogP contribution in [-0.2, 0) is 11.2 Å². The van der Waals surface area contributed by atoms with Crippen LogP contribution in [0.1, 0.15) is 17.8 Å². The van der Waals surface area contributed by atoms with Crippen LogP contribution in [0.25, 0.3) is 11.3 Å². The van der Waals surface area contributed by atoms with Crippen molar-refractivity contribution in [2.45, 2.75) is 19.3 Å². The molecule has 0 unspecified atom stereocenters. The highest BCUT2D eigenvalue weighted by Gasteiger charge is 2.05. The molecule has 2 heterocycles. The zero-order valence-electron chi connectivity index (χ0n) is 9.17. The maximum Gasteiger partial charge on any atom is 0.303 e. The fraction of sp³-hybridized carbons (Fsp3) is 0.250. The number of rotatable bonds is 5. The molecule has 0 bridgehead atoms. The number of carbonyl (C=O) groups is 1. The van der Waals surface area contributed by atoms with Gasteiger partial charge in [-0.3, -0.25) is 9.78 Å². The van der Waals surface area contributed by atoms with Crippen LogP contribution in [0, 0.1) is 0 Å². The quantitative estimate of drug-likeness (QED) is 0.883. The second-order valence-electron chi connectivity index (χ2n) is 3.62. The number of aliphatic carboxylic acids is 1. The van der Waals surface area contributed by atoms with Crippen molar-refractivity contribution in [3.63, 3.8) is 0 Å². The van der Waals surface area contributed by atoms with Gasteiger partial charge in [-0.15, -0.1) is 11.3 Å². The van der Waals surface area contributed by atoms with Gasteiger partial charge in [-0.05, 0) is 25.0 Å². The predicted molar refractivity (Wildman–Crippen MR) is 65.9 cm³/mol. The smallest absolute Gasteiger partial charge is 0.303 e. The third-order valence-corrected chi connectivity index (χ3v) is 3.20. The molecule has 0 saturated heterocycles. The number of thiazole rings is 1. The maximum absolute atomic E-state index is 10.4. The van der Waals surface area contributed by atoms with E-state index in [4.69, 9.17) is 5.11 Å². The van der Waals surface area contributed by atoms with Crippen LogP contribution in [-0.4, -0.2) is 21.0 Å². The Bertz CT molecular complexity index is 496. The monoisotopic (exact) mass is 248 g/mol. The van der Waals surface area contributed by atoms with Crippen LogP contribution >= 0.6 is 11.3 Å². The van der Waals surface area contributed by atoms with Gasteiger partial charge in [0.05, 0.1) is 10.7 Å². The fourth-order valence-electron chi connectivity index (χ4n) is 1.46. The van der Waals surface area contributed by atoms with Crippen molar-refractivity contribution in [1.29, 1.82) is 0 Å². The van der Waals surface area contributed by atoms with Gasteiger partial charge >= 0.3 is 5.97 Å². The van der Waals surface area contributed by atoms with Gasteiger partial charge in [0, 0.05) is 29.8 Å². The molecule has 17 heavy (non-hydrogen) atoms. The molecule has 0 saturated carbocycles. The molecule has 0 aliphatic rings. The minimum absolute atomic E-state index is 0.196. The second kappa shape index (κ2) is 5.54. The SMILES string of the molecule is O=C(O)CCCc1nc(-c2cccnc2)cs1. The molecule has 0 radical (unpaired) electrons. The van der Waals surface area contributed by atoms with Gasteiger partial charge in [0.25, 0.3) is 0 Å². The first-order chi connectivity index (χ1) is 8.25. The third kappa shape index (κ3) is 3.35. The van der Waals surface area contributed by atoms with E-state index in [0.717, 1.165) is 22.7 Å². The Labute approximate surface area is 103 Å². The van der Waals surface area contributed by atoms with E-state index in [0.29, 0.717) is 6.42 Å². The average Bonchev–Trinajstić information content (AvgIpc) is 2.78. The van der Waals surface area contributed by atoms with Crippen LogP contribution in [0.3, 0.4) is 0 Å². The number of hydrogen-bond acceptors (Lipinski definition) is 4. The zero-order valence-corrected chi connectivity index (χ0v) is 9.98. The van der Waals surface area contributed by atoms with E-state index in [-0.39, 0.29) is 6.42 Å². The number of aromatic nitrogens is 2. The number of hydrogen-bond donors (Lipinski definition) is 1. The topological polar surface area (TPSA) is 63.1 Å². The minimum Gasteiger partial charge on any atom is -0.481 e. The van der Waals surface area contributed by atoms with Crippen LogP contribution in [0.2, 0.25) is 0 Å². The molecule has 0 aliphatic carbocycles. The molecule has 2 rings (SSSR count). The lowest BCUT2D eigenvalue weighted by Gasteiger charge is -1.95. The Kier molecular flexibility index (Phi) is 3.82. The number of carboxylic acid groups (broad SMARTS) is 1. The summed E-state index contributed by atoms with van der Waals surface area (Å²) in [6.45, 7) is 0. The van der Waals surface area contributed by atoms with Crippen molar-refractivity contribution in [3.8, 4) is 11.3 Å². The van der Waals surface area contributed by atoms with Gasteiger partial charge in [-0.2, -0.15) is 0 Å². The molecule has 2 aromatic heterocycles. The minimum atomic E-state index is -0.756. The Morgan fingerprint density at radius 1 is 1.47 bits per heavy atom. The van der Waals surface area contributed by atoms with E-state index < -0.39 is 5.97 Å². The predicted octanol–water partition coefficient (Wildman–Crippen LogP) is 2.61. The van der Waals surface area contributed by atoms with Gasteiger partial charge in [0.2, 0.25) is 0 Å². The van der Waals surface area contributed by atoms with E-state index in [1.807, 2.05) is 17.5 Å². The van der Waals surface area contributed by atoms with Crippen molar-refractivity contribution in [3.05, 3.63) is 34.9 Å². The number of pyridine rings is 1. The van der Waals surface area contributed by atoms with Crippen molar-refractivity contribution in [2.75, 3.05) is 0 Å². The van der Waals surface area contributed by atoms with Gasteiger partial charge in [-0.25, -0.2) is 4.98 Å². The normalized spacial score (nSPS) is 10.4. The van der Waals surface area contributed by atoms with Crippen molar-refractivity contribution >= 4 is 17.3 Å². The molecule has 0 atom stereocenters. The molecule has 1 N–H and O–H groups in total. The summed E-state index contributed by atoms with van der Waals surface area (Å²) in [7, 11) is 0. The van der Waals surface area contributed by atoms with Gasteiger partial charge < -0.3 is 5.11 Å². The lowest BCUT2D eigenvalue weighted by Crippen LogP contribution is -1.95. The lowest BCUT2D eigenvalue weighted by molar-refractivity contribution is -0.137. The Balaban J connectivity index is 1.99. The number of aryl methyl sites for hydroxylation is 1. The highest BCUT2D eigenvalue weighted by atomic mass is 32.1. The molecular weight excluding hydrogens is 236 g/mol. The van der Waals surface area contributed by atoms with Crippen molar-refractivity contribution in [1.82, 2.24) is 9.97 Å². The number of nitrogens with zero attached hydrogens (tertiary/aromatic N) is 2. The fourth-order valence-corrected chi connectivity index (χ4v) is 2.31. The van der Waals surface area contributed by atoms with Crippen molar-refractivity contribution < 1.29 is 9.90 Å². The zero-order chi connectivity index (χ0) is 12.1. The second-order valence-corrected chi connectivity index (χ2v) is 4.56. The first kappa shape index (κ1) is 11.7. The maximum atomic E-state index is 10.4. The highest BCUT2D eigenvalue weighted by Crippen LogP contribution is 2.21. The summed E-state index contributed by atoms with van der Waals surface area (Å²) < 4.78 is 0. The van der Waals surface area contributed by atoms with Crippen LogP contribution in [0.5, 0.6) is 0 Å². The molecular formula is C12H12N2O2S. The summed E-state index contributed by atoms with van der Waals surface area (Å²) in [4.78, 5) is 18.9. The Morgan fingerprint density at radius 3 is 3.06 bits per heavy atom. The van der Waals surface area contributed by atoms with E-state index in [1.54, 1.807) is 23.7 Å². The summed E-state index contributed by atoms with van der Waals surface area (Å²) >= 11 is 1.56. The molecule has 0 fully saturated rings. The summed E-state index contributed by atoms with van der Waals surface area (Å²) in [5.74, 6) is -0.756. The summed E-state index contributed by atoms with van der Waals surface area (Å²) in [6.07, 6.45) is 5.05. The first-order valence-electron chi connectivity index (χ1n) is 5.32. The standard InChI is InChI=1S/C12H12N2O2S/c15-12(16)5-1-4-11-14-10(8-17-11)9-3-2-6-13-7-9/h2-3,6-8H,1,4-5H2,(H,15,16). The van der Waals surface area contributed by atoms with Crippen LogP contribution in [0.15, 0.2) is 29.9 Å². The number of carboxylic acids is 1. The van der Waals surface area contributed by atoms with E-state index >= 15 is 0 Å². The molecule has 88 valence electrons. The first-order valence-corrected chi connectivity index (χ1v) is 6.20. The van der Waals surface area contributed by atoms with E-state index in [9.17, 15) is 4.79 Å². The summed E-state index contributed by atoms with van der Waals surface area (Å²) in [5.41, 5.74) is 1.90. The highest BCUT2D eigenvalue weighted by molar-refractivity contribution is 7.09. The Hall–Kier alpha value is -1.75. The van der Waals surface area contributed by atoms with E-state index in [2.05, 4.69) is 9.97 Å². The molecule has 5 heteroatoms. The molecule has 0 amide bonds. The Morgan fingerprint density at radius 2 is 2.35 bits per heavy atom. The van der Waals surface area contributed by atoms with Gasteiger partial charge in [-0.1, -0.05) is 0 Å². The largest absolute Gasteiger partial charge is 0.481 e. The summed E-state index contributed by atoms with van der Waals surface area (Å²) in [6, 6.07) is 3.84. The van der Waals surface area contributed by atoms with E-state index in [1.165, 1.54) is 0 Å².